The molecule has 0 atom stereocenters. The number of likely N-dealkylation sites (tertiary alicyclic amines) is 1. The fourth-order valence-electron chi connectivity index (χ4n) is 1.61. The molecule has 0 N–H and O–H groups in total. The Morgan fingerprint density at radius 2 is 2.21 bits per heavy atom. The van der Waals surface area contributed by atoms with Crippen LogP contribution >= 0.6 is 11.8 Å². The Hall–Kier alpha value is -0.690. The first kappa shape index (κ1) is 11.4. The summed E-state index contributed by atoms with van der Waals surface area (Å²) in [7, 11) is 0. The van der Waals surface area contributed by atoms with Crippen molar-refractivity contribution < 1.29 is 4.79 Å². The highest BCUT2D eigenvalue weighted by atomic mass is 32.2. The lowest BCUT2D eigenvalue weighted by Crippen LogP contribution is -2.38. The molecular weight excluding hydrogens is 196 g/mol. The molecule has 1 rings (SSSR count). The molecule has 1 aliphatic heterocycles. The molecule has 1 amide bonds. The molecule has 0 aromatic carbocycles. The van der Waals surface area contributed by atoms with Gasteiger partial charge in [0.2, 0.25) is 5.91 Å². The fourth-order valence-corrected chi connectivity index (χ4v) is 1.98. The normalized spacial score (nSPS) is 17.9. The third-order valence-electron chi connectivity index (χ3n) is 2.55. The van der Waals surface area contributed by atoms with Crippen LogP contribution in [-0.2, 0) is 4.79 Å². The Labute approximate surface area is 89.5 Å². The van der Waals surface area contributed by atoms with Gasteiger partial charge in [-0.2, -0.15) is 17.0 Å². The van der Waals surface area contributed by atoms with Gasteiger partial charge in [-0.1, -0.05) is 0 Å². The van der Waals surface area contributed by atoms with Gasteiger partial charge in [-0.25, -0.2) is 0 Å². The summed E-state index contributed by atoms with van der Waals surface area (Å²) in [6.45, 7) is 1.54. The van der Waals surface area contributed by atoms with Crippen molar-refractivity contribution in [1.82, 2.24) is 4.90 Å². The van der Waals surface area contributed by atoms with Gasteiger partial charge in [-0.3, -0.25) is 4.79 Å². The Morgan fingerprint density at radius 3 is 2.71 bits per heavy atom. The predicted molar refractivity (Wildman–Crippen MR) is 57.9 cm³/mol. The molecular formula is C10H16N2OS. The number of carbonyl (C=O) groups excluding carboxylic acids is 1. The molecule has 0 bridgehead atoms. The van der Waals surface area contributed by atoms with E-state index in [0.29, 0.717) is 6.42 Å². The van der Waals surface area contributed by atoms with E-state index in [0.717, 1.165) is 31.7 Å². The van der Waals surface area contributed by atoms with Gasteiger partial charge in [0, 0.05) is 31.2 Å². The molecule has 0 aliphatic carbocycles. The first-order valence-corrected chi connectivity index (χ1v) is 6.33. The smallest absolute Gasteiger partial charge is 0.223 e. The van der Waals surface area contributed by atoms with Crippen molar-refractivity contribution in [2.24, 2.45) is 5.92 Å². The number of rotatable bonds is 3. The van der Waals surface area contributed by atoms with Crippen molar-refractivity contribution in [3.8, 4) is 6.07 Å². The second-order valence-corrected chi connectivity index (χ2v) is 4.51. The van der Waals surface area contributed by atoms with Gasteiger partial charge in [0.05, 0.1) is 6.07 Å². The summed E-state index contributed by atoms with van der Waals surface area (Å²) in [4.78, 5) is 13.5. The number of amides is 1. The van der Waals surface area contributed by atoms with Crippen LogP contribution in [0.4, 0.5) is 0 Å². The number of nitrogens with zero attached hydrogens (tertiary/aromatic N) is 2. The highest BCUT2D eigenvalue weighted by molar-refractivity contribution is 7.98. The molecule has 3 nitrogen and oxygen atoms in total. The van der Waals surface area contributed by atoms with Crippen LogP contribution in [0, 0.1) is 17.2 Å². The molecule has 0 saturated carbocycles. The van der Waals surface area contributed by atoms with E-state index in [1.165, 1.54) is 0 Å². The topological polar surface area (TPSA) is 44.1 Å². The maximum atomic E-state index is 11.6. The Kier molecular flexibility index (Phi) is 4.81. The molecule has 14 heavy (non-hydrogen) atoms. The second kappa shape index (κ2) is 5.92. The third kappa shape index (κ3) is 3.22. The Bertz CT molecular complexity index is 229. The second-order valence-electron chi connectivity index (χ2n) is 3.53. The largest absolute Gasteiger partial charge is 0.343 e. The molecule has 1 aliphatic rings. The fraction of sp³-hybridized carbons (Fsp3) is 0.800. The summed E-state index contributed by atoms with van der Waals surface area (Å²) < 4.78 is 0. The van der Waals surface area contributed by atoms with E-state index in [1.807, 2.05) is 11.2 Å². The van der Waals surface area contributed by atoms with Gasteiger partial charge in [0.25, 0.3) is 0 Å². The van der Waals surface area contributed by atoms with Gasteiger partial charge in [0.15, 0.2) is 0 Å². The first-order valence-electron chi connectivity index (χ1n) is 4.94. The van der Waals surface area contributed by atoms with E-state index >= 15 is 0 Å². The lowest BCUT2D eigenvalue weighted by atomic mass is 9.98. The molecule has 1 fully saturated rings. The summed E-state index contributed by atoms with van der Waals surface area (Å²) in [6, 6.07) is 2.26. The number of piperidine rings is 1. The van der Waals surface area contributed by atoms with Gasteiger partial charge < -0.3 is 4.90 Å². The van der Waals surface area contributed by atoms with Gasteiger partial charge >= 0.3 is 0 Å². The Morgan fingerprint density at radius 1 is 1.57 bits per heavy atom. The lowest BCUT2D eigenvalue weighted by molar-refractivity contribution is -0.131. The van der Waals surface area contributed by atoms with E-state index in [9.17, 15) is 4.79 Å². The minimum absolute atomic E-state index is 0.166. The maximum absolute atomic E-state index is 11.6. The van der Waals surface area contributed by atoms with E-state index in [1.54, 1.807) is 11.8 Å². The van der Waals surface area contributed by atoms with Crippen LogP contribution in [0.25, 0.3) is 0 Å². The summed E-state index contributed by atoms with van der Waals surface area (Å²) >= 11 is 1.70. The van der Waals surface area contributed by atoms with Crippen molar-refractivity contribution in [2.75, 3.05) is 25.1 Å². The van der Waals surface area contributed by atoms with Gasteiger partial charge in [-0.05, 0) is 19.1 Å². The molecule has 0 radical (unpaired) electrons. The quantitative estimate of drug-likeness (QED) is 0.712. The summed E-state index contributed by atoms with van der Waals surface area (Å²) in [5.41, 5.74) is 0. The summed E-state index contributed by atoms with van der Waals surface area (Å²) in [5, 5.41) is 8.70. The molecule has 78 valence electrons. The summed E-state index contributed by atoms with van der Waals surface area (Å²) in [5.74, 6) is 1.31. The van der Waals surface area contributed by atoms with Crippen molar-refractivity contribution in [2.45, 2.75) is 19.3 Å². The van der Waals surface area contributed by atoms with E-state index in [-0.39, 0.29) is 11.8 Å². The van der Waals surface area contributed by atoms with Crippen LogP contribution in [0.5, 0.6) is 0 Å². The number of nitriles is 1. The standard InChI is InChI=1S/C10H16N2OS/c1-14-7-4-10(13)12-5-2-9(8-11)3-6-12/h9H,2-7H2,1H3. The zero-order chi connectivity index (χ0) is 10.4. The zero-order valence-corrected chi connectivity index (χ0v) is 9.35. The molecule has 0 unspecified atom stereocenters. The third-order valence-corrected chi connectivity index (χ3v) is 3.16. The molecule has 0 aromatic heterocycles. The zero-order valence-electron chi connectivity index (χ0n) is 8.53. The maximum Gasteiger partial charge on any atom is 0.223 e. The van der Waals surface area contributed by atoms with Crippen LogP contribution in [0.15, 0.2) is 0 Å². The lowest BCUT2D eigenvalue weighted by Gasteiger charge is -2.29. The average molecular weight is 212 g/mol. The number of hydrogen-bond acceptors (Lipinski definition) is 3. The highest BCUT2D eigenvalue weighted by Crippen LogP contribution is 2.16. The van der Waals surface area contributed by atoms with Crippen molar-refractivity contribution in [1.29, 1.82) is 5.26 Å². The highest BCUT2D eigenvalue weighted by Gasteiger charge is 2.21. The minimum atomic E-state index is 0.166. The minimum Gasteiger partial charge on any atom is -0.343 e. The van der Waals surface area contributed by atoms with Crippen LogP contribution in [0.1, 0.15) is 19.3 Å². The molecule has 1 saturated heterocycles. The number of thioether (sulfide) groups is 1. The van der Waals surface area contributed by atoms with E-state index in [4.69, 9.17) is 5.26 Å². The van der Waals surface area contributed by atoms with E-state index in [2.05, 4.69) is 6.07 Å². The Balaban J connectivity index is 2.27. The first-order chi connectivity index (χ1) is 6.77. The predicted octanol–water partition coefficient (Wildman–Crippen LogP) is 1.50. The van der Waals surface area contributed by atoms with Gasteiger partial charge in [-0.15, -0.1) is 0 Å². The molecule has 1 heterocycles. The number of carbonyl (C=O) groups is 1. The average Bonchev–Trinajstić information content (AvgIpc) is 2.26. The van der Waals surface area contributed by atoms with Crippen LogP contribution < -0.4 is 0 Å². The monoisotopic (exact) mass is 212 g/mol. The van der Waals surface area contributed by atoms with Crippen LogP contribution in [0.3, 0.4) is 0 Å². The summed E-state index contributed by atoms with van der Waals surface area (Å²) in [6.07, 6.45) is 4.34. The molecule has 0 aromatic rings. The van der Waals surface area contributed by atoms with Crippen molar-refractivity contribution >= 4 is 17.7 Å². The number of hydrogen-bond donors (Lipinski definition) is 0. The molecule has 0 spiro atoms. The van der Waals surface area contributed by atoms with E-state index < -0.39 is 0 Å². The van der Waals surface area contributed by atoms with Crippen LogP contribution in [0.2, 0.25) is 0 Å². The van der Waals surface area contributed by atoms with Crippen molar-refractivity contribution in [3.63, 3.8) is 0 Å². The van der Waals surface area contributed by atoms with Gasteiger partial charge in [0.1, 0.15) is 0 Å². The van der Waals surface area contributed by atoms with Crippen molar-refractivity contribution in [3.05, 3.63) is 0 Å². The SMILES string of the molecule is CSCCC(=O)N1CCC(C#N)CC1. The van der Waals surface area contributed by atoms with Crippen LogP contribution in [-0.4, -0.2) is 35.9 Å². The molecule has 4 heteroatoms.